The van der Waals surface area contributed by atoms with Crippen molar-refractivity contribution in [3.8, 4) is 5.75 Å². The second-order valence-electron chi connectivity index (χ2n) is 4.79. The average Bonchev–Trinajstić information content (AvgIpc) is 2.32. The van der Waals surface area contributed by atoms with Crippen molar-refractivity contribution in [2.45, 2.75) is 39.7 Å². The molecule has 1 aromatic rings. The Bertz CT molecular complexity index is 332. The fraction of sp³-hybridized carbons (Fsp3) is 0.600. The Morgan fingerprint density at radius 2 is 1.89 bits per heavy atom. The summed E-state index contributed by atoms with van der Waals surface area (Å²) in [7, 11) is 0. The maximum Gasteiger partial charge on any atom is 0.119 e. The van der Waals surface area contributed by atoms with Crippen LogP contribution in [0.3, 0.4) is 0 Å². The summed E-state index contributed by atoms with van der Waals surface area (Å²) >= 11 is 0. The number of hydrogen-bond acceptors (Lipinski definition) is 3. The minimum absolute atomic E-state index is 0.135. The molecule has 1 rings (SSSR count). The summed E-state index contributed by atoms with van der Waals surface area (Å²) in [5, 5.41) is 12.5. The standard InChI is InChI=1S/C15H25NO2/c1-4-6-16-14(11-17)5-7-18-15-9-12(2)8-13(3)10-15/h8-10,14,16-17H,4-7,11H2,1-3H3. The summed E-state index contributed by atoms with van der Waals surface area (Å²) in [6, 6.07) is 6.35. The lowest BCUT2D eigenvalue weighted by molar-refractivity contribution is 0.209. The van der Waals surface area contributed by atoms with Crippen LogP contribution < -0.4 is 10.1 Å². The van der Waals surface area contributed by atoms with Gasteiger partial charge in [0.25, 0.3) is 0 Å². The van der Waals surface area contributed by atoms with Gasteiger partial charge in [0.2, 0.25) is 0 Å². The van der Waals surface area contributed by atoms with Crippen molar-refractivity contribution in [1.29, 1.82) is 0 Å². The van der Waals surface area contributed by atoms with E-state index < -0.39 is 0 Å². The average molecular weight is 251 g/mol. The van der Waals surface area contributed by atoms with Crippen LogP contribution in [0.25, 0.3) is 0 Å². The molecule has 0 aliphatic carbocycles. The number of aliphatic hydroxyl groups is 1. The molecule has 0 radical (unpaired) electrons. The maximum absolute atomic E-state index is 9.22. The Kier molecular flexibility index (Phi) is 6.76. The highest BCUT2D eigenvalue weighted by Gasteiger charge is 2.06. The predicted octanol–water partition coefficient (Wildman–Crippen LogP) is 2.43. The minimum Gasteiger partial charge on any atom is -0.494 e. The van der Waals surface area contributed by atoms with Gasteiger partial charge in [0.15, 0.2) is 0 Å². The van der Waals surface area contributed by atoms with Gasteiger partial charge in [-0.3, -0.25) is 0 Å². The van der Waals surface area contributed by atoms with Crippen LogP contribution in [0.5, 0.6) is 5.75 Å². The van der Waals surface area contributed by atoms with E-state index in [0.717, 1.165) is 25.1 Å². The molecule has 0 saturated heterocycles. The molecule has 0 aromatic heterocycles. The lowest BCUT2D eigenvalue weighted by Gasteiger charge is -2.16. The molecule has 0 amide bonds. The van der Waals surface area contributed by atoms with E-state index in [9.17, 15) is 5.11 Å². The molecular formula is C15H25NO2. The summed E-state index contributed by atoms with van der Waals surface area (Å²) in [4.78, 5) is 0. The maximum atomic E-state index is 9.22. The molecular weight excluding hydrogens is 226 g/mol. The summed E-state index contributed by atoms with van der Waals surface area (Å²) in [5.74, 6) is 0.916. The monoisotopic (exact) mass is 251 g/mol. The van der Waals surface area contributed by atoms with Gasteiger partial charge in [-0.2, -0.15) is 0 Å². The zero-order valence-corrected chi connectivity index (χ0v) is 11.7. The van der Waals surface area contributed by atoms with E-state index in [0.29, 0.717) is 6.61 Å². The number of hydrogen-bond donors (Lipinski definition) is 2. The summed E-state index contributed by atoms with van der Waals surface area (Å²) < 4.78 is 5.73. The number of ether oxygens (including phenoxy) is 1. The molecule has 18 heavy (non-hydrogen) atoms. The Morgan fingerprint density at radius 1 is 1.22 bits per heavy atom. The van der Waals surface area contributed by atoms with Crippen LogP contribution in [0.15, 0.2) is 18.2 Å². The Hall–Kier alpha value is -1.06. The van der Waals surface area contributed by atoms with Crippen LogP contribution in [0, 0.1) is 13.8 Å². The molecule has 0 aliphatic heterocycles. The normalized spacial score (nSPS) is 12.4. The van der Waals surface area contributed by atoms with Crippen molar-refractivity contribution in [3.63, 3.8) is 0 Å². The third-order valence-electron chi connectivity index (χ3n) is 2.83. The van der Waals surface area contributed by atoms with Gasteiger partial charge in [-0.15, -0.1) is 0 Å². The van der Waals surface area contributed by atoms with Crippen LogP contribution in [0.1, 0.15) is 30.9 Å². The van der Waals surface area contributed by atoms with E-state index in [-0.39, 0.29) is 12.6 Å². The van der Waals surface area contributed by atoms with Crippen LogP contribution in [0.4, 0.5) is 0 Å². The van der Waals surface area contributed by atoms with Crippen LogP contribution in [0.2, 0.25) is 0 Å². The highest BCUT2D eigenvalue weighted by molar-refractivity contribution is 5.32. The van der Waals surface area contributed by atoms with Gasteiger partial charge in [-0.05, 0) is 56.5 Å². The number of aliphatic hydroxyl groups excluding tert-OH is 1. The first-order chi connectivity index (χ1) is 8.65. The van der Waals surface area contributed by atoms with E-state index in [2.05, 4.69) is 32.2 Å². The van der Waals surface area contributed by atoms with Crippen molar-refractivity contribution in [2.24, 2.45) is 0 Å². The van der Waals surface area contributed by atoms with Crippen molar-refractivity contribution < 1.29 is 9.84 Å². The smallest absolute Gasteiger partial charge is 0.119 e. The topological polar surface area (TPSA) is 41.5 Å². The molecule has 1 aromatic carbocycles. The fourth-order valence-corrected chi connectivity index (χ4v) is 1.94. The Morgan fingerprint density at radius 3 is 2.44 bits per heavy atom. The van der Waals surface area contributed by atoms with Crippen molar-refractivity contribution in [2.75, 3.05) is 19.8 Å². The van der Waals surface area contributed by atoms with E-state index in [1.165, 1.54) is 11.1 Å². The molecule has 0 saturated carbocycles. The SMILES string of the molecule is CCCNC(CO)CCOc1cc(C)cc(C)c1. The van der Waals surface area contributed by atoms with Gasteiger partial charge in [0, 0.05) is 6.04 Å². The van der Waals surface area contributed by atoms with E-state index >= 15 is 0 Å². The van der Waals surface area contributed by atoms with Gasteiger partial charge in [0.05, 0.1) is 13.2 Å². The van der Waals surface area contributed by atoms with Crippen molar-refractivity contribution in [1.82, 2.24) is 5.32 Å². The second kappa shape index (κ2) is 8.11. The molecule has 0 heterocycles. The highest BCUT2D eigenvalue weighted by atomic mass is 16.5. The molecule has 0 aliphatic rings. The van der Waals surface area contributed by atoms with Crippen molar-refractivity contribution >= 4 is 0 Å². The zero-order chi connectivity index (χ0) is 13.4. The molecule has 0 fully saturated rings. The van der Waals surface area contributed by atoms with Gasteiger partial charge in [-0.1, -0.05) is 13.0 Å². The Labute approximate surface area is 110 Å². The van der Waals surface area contributed by atoms with Crippen molar-refractivity contribution in [3.05, 3.63) is 29.3 Å². The second-order valence-corrected chi connectivity index (χ2v) is 4.79. The lowest BCUT2D eigenvalue weighted by Crippen LogP contribution is -2.34. The van der Waals surface area contributed by atoms with E-state index in [1.54, 1.807) is 0 Å². The van der Waals surface area contributed by atoms with Gasteiger partial charge in [0.1, 0.15) is 5.75 Å². The molecule has 3 heteroatoms. The van der Waals surface area contributed by atoms with Gasteiger partial charge < -0.3 is 15.2 Å². The third-order valence-corrected chi connectivity index (χ3v) is 2.83. The highest BCUT2D eigenvalue weighted by Crippen LogP contribution is 2.16. The zero-order valence-electron chi connectivity index (χ0n) is 11.7. The van der Waals surface area contributed by atoms with Gasteiger partial charge >= 0.3 is 0 Å². The number of aryl methyl sites for hydroxylation is 2. The molecule has 3 nitrogen and oxygen atoms in total. The fourth-order valence-electron chi connectivity index (χ4n) is 1.94. The molecule has 102 valence electrons. The number of rotatable bonds is 8. The van der Waals surface area contributed by atoms with E-state index in [1.807, 2.05) is 12.1 Å². The first-order valence-electron chi connectivity index (χ1n) is 6.71. The molecule has 2 N–H and O–H groups in total. The van der Waals surface area contributed by atoms with Crippen LogP contribution >= 0.6 is 0 Å². The van der Waals surface area contributed by atoms with Gasteiger partial charge in [-0.25, -0.2) is 0 Å². The third kappa shape index (κ3) is 5.52. The summed E-state index contributed by atoms with van der Waals surface area (Å²) in [6.07, 6.45) is 1.90. The van der Waals surface area contributed by atoms with Crippen LogP contribution in [-0.2, 0) is 0 Å². The predicted molar refractivity (Wildman–Crippen MR) is 75.2 cm³/mol. The summed E-state index contributed by atoms with van der Waals surface area (Å²) in [5.41, 5.74) is 2.43. The molecule has 1 atom stereocenters. The molecule has 0 spiro atoms. The number of benzene rings is 1. The first-order valence-corrected chi connectivity index (χ1v) is 6.71. The Balaban J connectivity index is 2.35. The van der Waals surface area contributed by atoms with E-state index in [4.69, 9.17) is 4.74 Å². The first kappa shape index (κ1) is 15.0. The van der Waals surface area contributed by atoms with Crippen LogP contribution in [-0.4, -0.2) is 30.9 Å². The minimum atomic E-state index is 0.135. The molecule has 1 unspecified atom stereocenters. The largest absolute Gasteiger partial charge is 0.494 e. The number of nitrogens with one attached hydrogen (secondary N) is 1. The summed E-state index contributed by atoms with van der Waals surface area (Å²) in [6.45, 7) is 7.99. The lowest BCUT2D eigenvalue weighted by atomic mass is 10.1. The molecule has 0 bridgehead atoms. The quantitative estimate of drug-likeness (QED) is 0.745.